The van der Waals surface area contributed by atoms with E-state index < -0.39 is 0 Å². The lowest BCUT2D eigenvalue weighted by molar-refractivity contribution is 0.584. The van der Waals surface area contributed by atoms with Crippen molar-refractivity contribution in [3.63, 3.8) is 0 Å². The molecule has 0 unspecified atom stereocenters. The van der Waals surface area contributed by atoms with Crippen molar-refractivity contribution in [3.8, 4) is 0 Å². The lowest BCUT2D eigenvalue weighted by Gasteiger charge is -2.29. The van der Waals surface area contributed by atoms with Gasteiger partial charge in [0, 0.05) is 37.0 Å². The van der Waals surface area contributed by atoms with Gasteiger partial charge < -0.3 is 10.2 Å². The van der Waals surface area contributed by atoms with Crippen LogP contribution in [-0.2, 0) is 0 Å². The molecular weight excluding hydrogens is 268 g/mol. The summed E-state index contributed by atoms with van der Waals surface area (Å²) in [4.78, 5) is 14.6. The normalized spacial score (nSPS) is 16.4. The second-order valence-corrected chi connectivity index (χ2v) is 6.96. The van der Waals surface area contributed by atoms with Gasteiger partial charge in [0.05, 0.1) is 5.39 Å². The number of piperazine rings is 1. The van der Waals surface area contributed by atoms with Crippen LogP contribution in [0.4, 0.5) is 5.82 Å². The molecule has 0 amide bonds. The van der Waals surface area contributed by atoms with Crippen LogP contribution in [0.25, 0.3) is 10.2 Å². The molecule has 0 aromatic carbocycles. The van der Waals surface area contributed by atoms with Crippen LogP contribution in [0, 0.1) is 13.8 Å². The molecule has 0 aliphatic carbocycles. The molecule has 3 rings (SSSR count). The van der Waals surface area contributed by atoms with Gasteiger partial charge in [-0.15, -0.1) is 11.3 Å². The third-order valence-corrected chi connectivity index (χ3v) is 5.06. The molecule has 0 atom stereocenters. The fourth-order valence-corrected chi connectivity index (χ4v) is 3.64. The first-order valence-corrected chi connectivity index (χ1v) is 8.13. The Labute approximate surface area is 124 Å². The molecule has 4 nitrogen and oxygen atoms in total. The van der Waals surface area contributed by atoms with E-state index in [-0.39, 0.29) is 0 Å². The van der Waals surface area contributed by atoms with Gasteiger partial charge in [0.15, 0.2) is 0 Å². The molecule has 0 spiro atoms. The number of aromatic nitrogens is 2. The van der Waals surface area contributed by atoms with E-state index in [4.69, 9.17) is 9.97 Å². The maximum Gasteiger partial charge on any atom is 0.141 e. The van der Waals surface area contributed by atoms with Crippen LogP contribution in [0.5, 0.6) is 0 Å². The first-order valence-electron chi connectivity index (χ1n) is 7.31. The van der Waals surface area contributed by atoms with Gasteiger partial charge in [0.25, 0.3) is 0 Å². The second kappa shape index (κ2) is 5.30. The maximum atomic E-state index is 4.89. The molecule has 5 heteroatoms. The molecule has 108 valence electrons. The van der Waals surface area contributed by atoms with Crippen LogP contribution in [0.15, 0.2) is 0 Å². The summed E-state index contributed by atoms with van der Waals surface area (Å²) in [7, 11) is 0. The third kappa shape index (κ3) is 2.29. The maximum absolute atomic E-state index is 4.89. The van der Waals surface area contributed by atoms with Gasteiger partial charge in [0.2, 0.25) is 0 Å². The summed E-state index contributed by atoms with van der Waals surface area (Å²) in [5, 5.41) is 4.67. The highest BCUT2D eigenvalue weighted by molar-refractivity contribution is 7.18. The van der Waals surface area contributed by atoms with E-state index in [9.17, 15) is 0 Å². The Morgan fingerprint density at radius 3 is 2.50 bits per heavy atom. The molecule has 0 radical (unpaired) electrons. The highest BCUT2D eigenvalue weighted by atomic mass is 32.1. The average molecular weight is 290 g/mol. The number of fused-ring (bicyclic) bond motifs is 1. The van der Waals surface area contributed by atoms with E-state index in [1.165, 1.54) is 15.8 Å². The van der Waals surface area contributed by atoms with Crippen LogP contribution < -0.4 is 10.2 Å². The number of thiophene rings is 1. The molecule has 1 aliphatic heterocycles. The fraction of sp³-hybridized carbons (Fsp3) is 0.600. The van der Waals surface area contributed by atoms with Crippen molar-refractivity contribution in [1.82, 2.24) is 15.3 Å². The molecule has 1 saturated heterocycles. The number of anilines is 1. The molecule has 1 fully saturated rings. The van der Waals surface area contributed by atoms with E-state index in [0.29, 0.717) is 5.92 Å². The quantitative estimate of drug-likeness (QED) is 0.923. The summed E-state index contributed by atoms with van der Waals surface area (Å²) < 4.78 is 0. The number of hydrogen-bond donors (Lipinski definition) is 1. The summed E-state index contributed by atoms with van der Waals surface area (Å²) in [5.41, 5.74) is 1.34. The first-order chi connectivity index (χ1) is 9.58. The minimum Gasteiger partial charge on any atom is -0.353 e. The van der Waals surface area contributed by atoms with Crippen molar-refractivity contribution < 1.29 is 0 Å². The lowest BCUT2D eigenvalue weighted by atomic mass is 10.1. The van der Waals surface area contributed by atoms with Gasteiger partial charge >= 0.3 is 0 Å². The number of hydrogen-bond acceptors (Lipinski definition) is 5. The van der Waals surface area contributed by atoms with Crippen LogP contribution in [0.2, 0.25) is 0 Å². The predicted molar refractivity (Wildman–Crippen MR) is 86.1 cm³/mol. The van der Waals surface area contributed by atoms with E-state index in [1.807, 2.05) is 0 Å². The minimum atomic E-state index is 0.365. The molecule has 3 heterocycles. The van der Waals surface area contributed by atoms with Crippen LogP contribution in [0.3, 0.4) is 0 Å². The van der Waals surface area contributed by atoms with E-state index in [2.05, 4.69) is 37.9 Å². The van der Waals surface area contributed by atoms with Crippen molar-refractivity contribution in [1.29, 1.82) is 0 Å². The molecular formula is C15H22N4S. The van der Waals surface area contributed by atoms with Gasteiger partial charge in [-0.2, -0.15) is 0 Å². The van der Waals surface area contributed by atoms with Crippen LogP contribution >= 0.6 is 11.3 Å². The summed E-state index contributed by atoms with van der Waals surface area (Å²) in [6.45, 7) is 12.8. The monoisotopic (exact) mass is 290 g/mol. The Kier molecular flexibility index (Phi) is 3.65. The van der Waals surface area contributed by atoms with Gasteiger partial charge in [0.1, 0.15) is 16.5 Å². The molecule has 1 N–H and O–H groups in total. The highest BCUT2D eigenvalue weighted by Gasteiger charge is 2.21. The number of rotatable bonds is 2. The van der Waals surface area contributed by atoms with Gasteiger partial charge in [-0.1, -0.05) is 13.8 Å². The Morgan fingerprint density at radius 2 is 1.85 bits per heavy atom. The molecule has 2 aromatic rings. The van der Waals surface area contributed by atoms with Crippen molar-refractivity contribution in [2.24, 2.45) is 0 Å². The Bertz CT molecular complexity index is 626. The van der Waals surface area contributed by atoms with Crippen molar-refractivity contribution in [2.75, 3.05) is 31.1 Å². The molecule has 1 aliphatic rings. The van der Waals surface area contributed by atoms with E-state index >= 15 is 0 Å². The third-order valence-electron chi connectivity index (χ3n) is 3.96. The Morgan fingerprint density at radius 1 is 1.15 bits per heavy atom. The smallest absolute Gasteiger partial charge is 0.141 e. The largest absolute Gasteiger partial charge is 0.353 e. The zero-order valence-electron chi connectivity index (χ0n) is 12.7. The van der Waals surface area contributed by atoms with Gasteiger partial charge in [-0.3, -0.25) is 0 Å². The van der Waals surface area contributed by atoms with Crippen molar-refractivity contribution in [2.45, 2.75) is 33.6 Å². The average Bonchev–Trinajstić information content (AvgIpc) is 2.74. The number of nitrogens with one attached hydrogen (secondary N) is 1. The summed E-state index contributed by atoms with van der Waals surface area (Å²) >= 11 is 1.80. The highest BCUT2D eigenvalue weighted by Crippen LogP contribution is 2.35. The zero-order chi connectivity index (χ0) is 14.3. The van der Waals surface area contributed by atoms with Gasteiger partial charge in [-0.25, -0.2) is 9.97 Å². The second-order valence-electron chi connectivity index (χ2n) is 5.76. The van der Waals surface area contributed by atoms with Crippen LogP contribution in [-0.4, -0.2) is 36.1 Å². The topological polar surface area (TPSA) is 41.1 Å². The van der Waals surface area contributed by atoms with Crippen LogP contribution in [0.1, 0.15) is 36.0 Å². The predicted octanol–water partition coefficient (Wildman–Crippen LogP) is 2.84. The van der Waals surface area contributed by atoms with Gasteiger partial charge in [-0.05, 0) is 19.4 Å². The van der Waals surface area contributed by atoms with E-state index in [0.717, 1.165) is 42.7 Å². The zero-order valence-corrected chi connectivity index (χ0v) is 13.5. The van der Waals surface area contributed by atoms with E-state index in [1.54, 1.807) is 11.3 Å². The minimum absolute atomic E-state index is 0.365. The Hall–Kier alpha value is -1.20. The number of nitrogens with zero attached hydrogens (tertiary/aromatic N) is 3. The van der Waals surface area contributed by atoms with Crippen molar-refractivity contribution >= 4 is 27.4 Å². The molecule has 0 bridgehead atoms. The lowest BCUT2D eigenvalue weighted by Crippen LogP contribution is -2.44. The first kappa shape index (κ1) is 13.8. The molecule has 2 aromatic heterocycles. The molecule has 0 saturated carbocycles. The summed E-state index contributed by atoms with van der Waals surface area (Å²) in [6, 6.07) is 0. The van der Waals surface area contributed by atoms with Crippen molar-refractivity contribution in [3.05, 3.63) is 16.3 Å². The summed E-state index contributed by atoms with van der Waals surface area (Å²) in [6.07, 6.45) is 0. The number of aryl methyl sites for hydroxylation is 2. The summed E-state index contributed by atoms with van der Waals surface area (Å²) in [5.74, 6) is 2.47. The Balaban J connectivity index is 2.20. The molecule has 20 heavy (non-hydrogen) atoms. The standard InChI is InChI=1S/C15H22N4S/c1-9(2)13-17-14(19-7-5-16-6-8-19)12-10(3)11(4)20-15(12)18-13/h9,16H,5-8H2,1-4H3. The fourth-order valence-electron chi connectivity index (χ4n) is 2.61. The SMILES string of the molecule is Cc1sc2nc(C(C)C)nc(N3CCNCC3)c2c1C.